The Bertz CT molecular complexity index is 525. The molecule has 0 saturated heterocycles. The fourth-order valence-corrected chi connectivity index (χ4v) is 1.40. The standard InChI is InChI=1S/C11H15N3O5/c1-2-8(15)3-4-12-10(16)9-5-7(14(18)19)6-13-11(9)17/h5-6,8,15H,2-4H2,1H3,(H,12,16)(H,13,17). The van der Waals surface area contributed by atoms with Crippen molar-refractivity contribution in [1.29, 1.82) is 0 Å². The normalized spacial score (nSPS) is 11.9. The average Bonchev–Trinajstić information content (AvgIpc) is 2.38. The van der Waals surface area contributed by atoms with Gasteiger partial charge in [-0.05, 0) is 12.8 Å². The van der Waals surface area contributed by atoms with Gasteiger partial charge in [0, 0.05) is 12.6 Å². The number of rotatable bonds is 6. The molecule has 1 rings (SSSR count). The summed E-state index contributed by atoms with van der Waals surface area (Å²) in [6, 6.07) is 0.921. The van der Waals surface area contributed by atoms with Gasteiger partial charge in [0.25, 0.3) is 17.2 Å². The minimum Gasteiger partial charge on any atom is -0.393 e. The van der Waals surface area contributed by atoms with Gasteiger partial charge in [0.1, 0.15) is 5.56 Å². The quantitative estimate of drug-likeness (QED) is 0.501. The molecule has 1 atom stereocenters. The molecule has 1 aromatic heterocycles. The predicted octanol–water partition coefficient (Wildman–Crippen LogP) is 0.174. The molecule has 0 radical (unpaired) electrons. The van der Waals surface area contributed by atoms with Crippen LogP contribution in [0.4, 0.5) is 5.69 Å². The van der Waals surface area contributed by atoms with E-state index in [9.17, 15) is 24.8 Å². The van der Waals surface area contributed by atoms with Gasteiger partial charge in [-0.2, -0.15) is 0 Å². The van der Waals surface area contributed by atoms with Gasteiger partial charge in [0.2, 0.25) is 0 Å². The first-order valence-electron chi connectivity index (χ1n) is 5.79. The van der Waals surface area contributed by atoms with Crippen LogP contribution >= 0.6 is 0 Å². The fourth-order valence-electron chi connectivity index (χ4n) is 1.40. The van der Waals surface area contributed by atoms with Crippen LogP contribution in [0.5, 0.6) is 0 Å². The molecule has 0 bridgehead atoms. The summed E-state index contributed by atoms with van der Waals surface area (Å²) in [5.74, 6) is -0.701. The van der Waals surface area contributed by atoms with E-state index in [0.29, 0.717) is 12.8 Å². The molecule has 0 aliphatic carbocycles. The van der Waals surface area contributed by atoms with Crippen molar-refractivity contribution >= 4 is 11.6 Å². The molecule has 0 aromatic carbocycles. The summed E-state index contributed by atoms with van der Waals surface area (Å²) in [6.45, 7) is 1.99. The third-order valence-electron chi connectivity index (χ3n) is 2.58. The Labute approximate surface area is 108 Å². The number of H-pyrrole nitrogens is 1. The molecule has 104 valence electrons. The number of nitrogens with one attached hydrogen (secondary N) is 2. The molecule has 0 spiro atoms. The second-order valence-corrected chi connectivity index (χ2v) is 3.96. The lowest BCUT2D eigenvalue weighted by Gasteiger charge is -2.08. The number of aromatic amines is 1. The van der Waals surface area contributed by atoms with Crippen LogP contribution in [0, 0.1) is 10.1 Å². The van der Waals surface area contributed by atoms with Gasteiger partial charge in [-0.15, -0.1) is 0 Å². The summed E-state index contributed by atoms with van der Waals surface area (Å²) in [5.41, 5.74) is -1.38. The number of aliphatic hydroxyl groups excluding tert-OH is 1. The molecule has 1 aromatic rings. The van der Waals surface area contributed by atoms with E-state index < -0.39 is 22.5 Å². The van der Waals surface area contributed by atoms with E-state index >= 15 is 0 Å². The number of hydrogen-bond donors (Lipinski definition) is 3. The topological polar surface area (TPSA) is 125 Å². The highest BCUT2D eigenvalue weighted by molar-refractivity contribution is 5.94. The highest BCUT2D eigenvalue weighted by atomic mass is 16.6. The summed E-state index contributed by atoms with van der Waals surface area (Å²) in [7, 11) is 0. The second kappa shape index (κ2) is 6.64. The summed E-state index contributed by atoms with van der Waals surface area (Å²) >= 11 is 0. The van der Waals surface area contributed by atoms with Crippen molar-refractivity contribution in [1.82, 2.24) is 10.3 Å². The number of pyridine rings is 1. The van der Waals surface area contributed by atoms with Crippen LogP contribution in [0.15, 0.2) is 17.1 Å². The fraction of sp³-hybridized carbons (Fsp3) is 0.455. The molecule has 19 heavy (non-hydrogen) atoms. The third-order valence-corrected chi connectivity index (χ3v) is 2.58. The van der Waals surface area contributed by atoms with Crippen LogP contribution in [0.1, 0.15) is 30.1 Å². The number of nitro groups is 1. The van der Waals surface area contributed by atoms with Crippen LogP contribution < -0.4 is 10.9 Å². The SMILES string of the molecule is CCC(O)CCNC(=O)c1cc([N+](=O)[O-])c[nH]c1=O. The molecule has 8 heteroatoms. The highest BCUT2D eigenvalue weighted by Crippen LogP contribution is 2.08. The zero-order valence-electron chi connectivity index (χ0n) is 10.4. The Kier molecular flexibility index (Phi) is 5.19. The second-order valence-electron chi connectivity index (χ2n) is 3.96. The van der Waals surface area contributed by atoms with Crippen LogP contribution in [-0.4, -0.2) is 33.6 Å². The van der Waals surface area contributed by atoms with Crippen molar-refractivity contribution in [3.8, 4) is 0 Å². The van der Waals surface area contributed by atoms with Crippen LogP contribution in [-0.2, 0) is 0 Å². The van der Waals surface area contributed by atoms with Crippen molar-refractivity contribution in [3.63, 3.8) is 0 Å². The van der Waals surface area contributed by atoms with E-state index in [2.05, 4.69) is 10.3 Å². The van der Waals surface area contributed by atoms with Gasteiger partial charge in [0.15, 0.2) is 0 Å². The maximum atomic E-state index is 11.7. The van der Waals surface area contributed by atoms with E-state index in [1.54, 1.807) is 6.92 Å². The number of amides is 1. The van der Waals surface area contributed by atoms with Crippen molar-refractivity contribution < 1.29 is 14.8 Å². The molecular weight excluding hydrogens is 254 g/mol. The van der Waals surface area contributed by atoms with Crippen molar-refractivity contribution in [3.05, 3.63) is 38.3 Å². The Morgan fingerprint density at radius 1 is 1.63 bits per heavy atom. The molecule has 1 amide bonds. The molecule has 1 unspecified atom stereocenters. The maximum absolute atomic E-state index is 11.7. The Hall–Kier alpha value is -2.22. The van der Waals surface area contributed by atoms with Crippen LogP contribution in [0.2, 0.25) is 0 Å². The van der Waals surface area contributed by atoms with Crippen molar-refractivity contribution in [2.75, 3.05) is 6.54 Å². The molecule has 8 nitrogen and oxygen atoms in total. The first kappa shape index (κ1) is 14.8. The summed E-state index contributed by atoms with van der Waals surface area (Å²) in [6.07, 6.45) is 1.33. The van der Waals surface area contributed by atoms with Gasteiger partial charge in [-0.3, -0.25) is 19.7 Å². The summed E-state index contributed by atoms with van der Waals surface area (Å²) in [4.78, 5) is 35.1. The van der Waals surface area contributed by atoms with Crippen LogP contribution in [0.3, 0.4) is 0 Å². The van der Waals surface area contributed by atoms with Crippen molar-refractivity contribution in [2.24, 2.45) is 0 Å². The smallest absolute Gasteiger partial charge is 0.286 e. The minimum absolute atomic E-state index is 0.190. The van der Waals surface area contributed by atoms with Gasteiger partial charge < -0.3 is 15.4 Å². The van der Waals surface area contributed by atoms with E-state index in [0.717, 1.165) is 12.3 Å². The van der Waals surface area contributed by atoms with Crippen LogP contribution in [0.25, 0.3) is 0 Å². The van der Waals surface area contributed by atoms with Gasteiger partial charge >= 0.3 is 0 Å². The molecule has 0 aliphatic rings. The monoisotopic (exact) mass is 269 g/mol. The highest BCUT2D eigenvalue weighted by Gasteiger charge is 2.15. The van der Waals surface area contributed by atoms with Gasteiger partial charge in [-0.1, -0.05) is 6.92 Å². The number of nitrogens with zero attached hydrogens (tertiary/aromatic N) is 1. The van der Waals surface area contributed by atoms with E-state index in [1.165, 1.54) is 0 Å². The molecule has 0 fully saturated rings. The molecule has 3 N–H and O–H groups in total. The van der Waals surface area contributed by atoms with E-state index in [-0.39, 0.29) is 17.8 Å². The molecular formula is C11H15N3O5. The maximum Gasteiger partial charge on any atom is 0.286 e. The summed E-state index contributed by atoms with van der Waals surface area (Å²) in [5, 5.41) is 22.3. The van der Waals surface area contributed by atoms with Crippen molar-refractivity contribution in [2.45, 2.75) is 25.9 Å². The van der Waals surface area contributed by atoms with E-state index in [4.69, 9.17) is 0 Å². The Morgan fingerprint density at radius 2 is 2.32 bits per heavy atom. The lowest BCUT2D eigenvalue weighted by Crippen LogP contribution is -2.31. The number of carbonyl (C=O) groups is 1. The number of carbonyl (C=O) groups excluding carboxylic acids is 1. The zero-order valence-corrected chi connectivity index (χ0v) is 10.4. The molecule has 0 saturated carbocycles. The Balaban J connectivity index is 2.74. The number of aromatic nitrogens is 1. The Morgan fingerprint density at radius 3 is 2.89 bits per heavy atom. The average molecular weight is 269 g/mol. The minimum atomic E-state index is -0.701. The molecule has 1 heterocycles. The lowest BCUT2D eigenvalue weighted by molar-refractivity contribution is -0.385. The predicted molar refractivity (Wildman–Crippen MR) is 67.0 cm³/mol. The molecule has 0 aliphatic heterocycles. The first-order valence-corrected chi connectivity index (χ1v) is 5.79. The van der Waals surface area contributed by atoms with E-state index in [1.807, 2.05) is 0 Å². The first-order chi connectivity index (χ1) is 8.95. The third kappa shape index (κ3) is 4.18. The largest absolute Gasteiger partial charge is 0.393 e. The lowest BCUT2D eigenvalue weighted by atomic mass is 10.2. The summed E-state index contributed by atoms with van der Waals surface area (Å²) < 4.78 is 0. The van der Waals surface area contributed by atoms with Gasteiger partial charge in [0.05, 0.1) is 17.2 Å². The zero-order chi connectivity index (χ0) is 14.4. The van der Waals surface area contributed by atoms with Gasteiger partial charge in [-0.25, -0.2) is 0 Å². The number of aliphatic hydroxyl groups is 1. The number of hydrogen-bond acceptors (Lipinski definition) is 5.